The van der Waals surface area contributed by atoms with E-state index in [2.05, 4.69) is 26.5 Å². The maximum absolute atomic E-state index is 13.8. The second kappa shape index (κ2) is 10.3. The molecule has 8 heteroatoms. The average molecular weight is 451 g/mol. The molecule has 0 aromatic heterocycles. The van der Waals surface area contributed by atoms with Crippen LogP contribution >= 0.6 is 15.9 Å². The Morgan fingerprint density at radius 3 is 2.86 bits per heavy atom. The van der Waals surface area contributed by atoms with E-state index in [1.165, 1.54) is 17.2 Å². The van der Waals surface area contributed by atoms with Crippen molar-refractivity contribution in [1.82, 2.24) is 5.43 Å². The van der Waals surface area contributed by atoms with Gasteiger partial charge in [-0.25, -0.2) is 9.82 Å². The third kappa shape index (κ3) is 6.12. The molecular formula is C20H22BrFN3O3+. The summed E-state index contributed by atoms with van der Waals surface area (Å²) in [5, 5.41) is 4.04. The van der Waals surface area contributed by atoms with Gasteiger partial charge in [-0.15, -0.1) is 0 Å². The molecule has 28 heavy (non-hydrogen) atoms. The first-order valence-corrected chi connectivity index (χ1v) is 9.80. The van der Waals surface area contributed by atoms with Gasteiger partial charge in [0.05, 0.1) is 19.4 Å². The molecule has 0 bridgehead atoms. The van der Waals surface area contributed by atoms with Crippen molar-refractivity contribution in [2.45, 2.75) is 6.61 Å². The molecule has 0 radical (unpaired) electrons. The zero-order valence-electron chi connectivity index (χ0n) is 15.3. The van der Waals surface area contributed by atoms with Crippen molar-refractivity contribution in [3.8, 4) is 5.75 Å². The Morgan fingerprint density at radius 1 is 1.29 bits per heavy atom. The molecule has 1 aliphatic heterocycles. The summed E-state index contributed by atoms with van der Waals surface area (Å²) in [6, 6.07) is 11.9. The van der Waals surface area contributed by atoms with Crippen LogP contribution in [0.3, 0.4) is 0 Å². The summed E-state index contributed by atoms with van der Waals surface area (Å²) >= 11 is 3.41. The summed E-state index contributed by atoms with van der Waals surface area (Å²) in [6.07, 6.45) is 1.52. The first kappa shape index (κ1) is 20.4. The summed E-state index contributed by atoms with van der Waals surface area (Å²) in [6.45, 7) is 3.44. The van der Waals surface area contributed by atoms with E-state index in [9.17, 15) is 9.18 Å². The van der Waals surface area contributed by atoms with Gasteiger partial charge in [0.1, 0.15) is 31.3 Å². The number of morpholine rings is 1. The van der Waals surface area contributed by atoms with E-state index < -0.39 is 0 Å². The highest BCUT2D eigenvalue weighted by Gasteiger charge is 2.17. The van der Waals surface area contributed by atoms with Crippen LogP contribution in [0.2, 0.25) is 0 Å². The minimum atomic E-state index is -0.312. The molecule has 0 atom stereocenters. The summed E-state index contributed by atoms with van der Waals surface area (Å²) in [7, 11) is 0. The van der Waals surface area contributed by atoms with E-state index in [-0.39, 0.29) is 18.3 Å². The number of hydrogen-bond acceptors (Lipinski definition) is 4. The fourth-order valence-corrected chi connectivity index (χ4v) is 3.18. The lowest BCUT2D eigenvalue weighted by Crippen LogP contribution is -3.15. The van der Waals surface area contributed by atoms with Gasteiger partial charge in [-0.1, -0.05) is 34.1 Å². The Kier molecular flexibility index (Phi) is 7.53. The zero-order valence-corrected chi connectivity index (χ0v) is 16.9. The number of halogens is 2. The van der Waals surface area contributed by atoms with Gasteiger partial charge in [0, 0.05) is 15.6 Å². The number of rotatable bonds is 7. The molecule has 6 nitrogen and oxygen atoms in total. The maximum Gasteiger partial charge on any atom is 0.295 e. The van der Waals surface area contributed by atoms with Gasteiger partial charge in [0.15, 0.2) is 6.54 Å². The highest BCUT2D eigenvalue weighted by molar-refractivity contribution is 9.10. The minimum absolute atomic E-state index is 0.0991. The number of ether oxygens (including phenoxy) is 2. The molecular weight excluding hydrogens is 429 g/mol. The van der Waals surface area contributed by atoms with Crippen molar-refractivity contribution >= 4 is 28.1 Å². The van der Waals surface area contributed by atoms with Crippen LogP contribution in [0, 0.1) is 5.82 Å². The van der Waals surface area contributed by atoms with Gasteiger partial charge < -0.3 is 14.4 Å². The zero-order chi connectivity index (χ0) is 19.8. The number of nitrogens with zero attached hydrogens (tertiary/aromatic N) is 1. The summed E-state index contributed by atoms with van der Waals surface area (Å²) in [5.74, 6) is 0.0768. The van der Waals surface area contributed by atoms with E-state index in [1.807, 2.05) is 12.1 Å². The van der Waals surface area contributed by atoms with E-state index in [0.717, 1.165) is 17.6 Å². The van der Waals surface area contributed by atoms with Crippen LogP contribution in [0.1, 0.15) is 11.1 Å². The van der Waals surface area contributed by atoms with Gasteiger partial charge in [0.2, 0.25) is 0 Å². The third-order valence-corrected chi connectivity index (χ3v) is 4.81. The van der Waals surface area contributed by atoms with E-state index in [0.29, 0.717) is 36.6 Å². The Bertz CT molecular complexity index is 841. The number of amides is 1. The van der Waals surface area contributed by atoms with Gasteiger partial charge in [-0.05, 0) is 24.3 Å². The number of carbonyl (C=O) groups excluding carboxylic acids is 1. The molecule has 1 fully saturated rings. The Morgan fingerprint density at radius 2 is 2.07 bits per heavy atom. The summed E-state index contributed by atoms with van der Waals surface area (Å²) in [5.41, 5.74) is 3.68. The van der Waals surface area contributed by atoms with Crippen molar-refractivity contribution in [2.24, 2.45) is 5.10 Å². The quantitative estimate of drug-likeness (QED) is 0.496. The van der Waals surface area contributed by atoms with Crippen LogP contribution < -0.4 is 15.1 Å². The second-order valence-electron chi connectivity index (χ2n) is 6.39. The Hall–Kier alpha value is -2.29. The van der Waals surface area contributed by atoms with Crippen molar-refractivity contribution in [2.75, 3.05) is 32.8 Å². The number of hydrogen-bond donors (Lipinski definition) is 2. The van der Waals surface area contributed by atoms with Crippen LogP contribution in [0.15, 0.2) is 52.0 Å². The van der Waals surface area contributed by atoms with Crippen LogP contribution in [0.25, 0.3) is 0 Å². The lowest BCUT2D eigenvalue weighted by atomic mass is 10.2. The van der Waals surface area contributed by atoms with Crippen molar-refractivity contribution < 1.29 is 23.6 Å². The van der Waals surface area contributed by atoms with Gasteiger partial charge >= 0.3 is 0 Å². The lowest BCUT2D eigenvalue weighted by molar-refractivity contribution is -0.900. The molecule has 0 unspecified atom stereocenters. The normalized spacial score (nSPS) is 14.9. The number of quaternary nitrogens is 1. The Balaban J connectivity index is 1.59. The molecule has 2 aromatic carbocycles. The standard InChI is InChI=1S/C20H21BrFN3O3/c21-17-5-6-19(28-14-15-3-1-2-4-18(15)22)16(11-17)12-23-24-20(26)13-25-7-9-27-10-8-25/h1-6,11-12H,7-10,13-14H2,(H,24,26)/p+1. The molecule has 1 saturated heterocycles. The summed E-state index contributed by atoms with van der Waals surface area (Å²) < 4.78 is 25.7. The van der Waals surface area contributed by atoms with Gasteiger partial charge in [-0.3, -0.25) is 4.79 Å². The molecule has 0 saturated carbocycles. The lowest BCUT2D eigenvalue weighted by Gasteiger charge is -2.22. The molecule has 1 aliphatic rings. The SMILES string of the molecule is O=C(C[NH+]1CCOCC1)NN=Cc1cc(Br)ccc1OCc1ccccc1F. The molecule has 2 aromatic rings. The van der Waals surface area contributed by atoms with Gasteiger partial charge in [0.25, 0.3) is 5.91 Å². The molecule has 0 aliphatic carbocycles. The predicted molar refractivity (Wildman–Crippen MR) is 107 cm³/mol. The number of nitrogens with one attached hydrogen (secondary N) is 2. The second-order valence-corrected chi connectivity index (χ2v) is 7.31. The molecule has 1 amide bonds. The van der Waals surface area contributed by atoms with Crippen molar-refractivity contribution in [3.63, 3.8) is 0 Å². The largest absolute Gasteiger partial charge is 0.488 e. The first-order chi connectivity index (χ1) is 13.6. The average Bonchev–Trinajstić information content (AvgIpc) is 2.69. The first-order valence-electron chi connectivity index (χ1n) is 9.01. The monoisotopic (exact) mass is 450 g/mol. The van der Waals surface area contributed by atoms with E-state index in [4.69, 9.17) is 9.47 Å². The molecule has 1 heterocycles. The molecule has 148 valence electrons. The predicted octanol–water partition coefficient (Wildman–Crippen LogP) is 1.53. The molecule has 2 N–H and O–H groups in total. The van der Waals surface area contributed by atoms with Crippen LogP contribution in [0.4, 0.5) is 4.39 Å². The number of benzene rings is 2. The summed E-state index contributed by atoms with van der Waals surface area (Å²) in [4.78, 5) is 13.2. The highest BCUT2D eigenvalue weighted by Crippen LogP contribution is 2.23. The van der Waals surface area contributed by atoms with E-state index in [1.54, 1.807) is 24.3 Å². The maximum atomic E-state index is 13.8. The Labute approximate surface area is 171 Å². The topological polar surface area (TPSA) is 64.4 Å². The van der Waals surface area contributed by atoms with Gasteiger partial charge in [-0.2, -0.15) is 5.10 Å². The van der Waals surface area contributed by atoms with E-state index >= 15 is 0 Å². The van der Waals surface area contributed by atoms with Crippen molar-refractivity contribution in [1.29, 1.82) is 0 Å². The van der Waals surface area contributed by atoms with Crippen LogP contribution in [-0.2, 0) is 16.1 Å². The number of hydrazone groups is 1. The third-order valence-electron chi connectivity index (χ3n) is 4.32. The fraction of sp³-hybridized carbons (Fsp3) is 0.300. The fourth-order valence-electron chi connectivity index (χ4n) is 2.80. The van der Waals surface area contributed by atoms with Crippen LogP contribution in [0.5, 0.6) is 5.75 Å². The highest BCUT2D eigenvalue weighted by atomic mass is 79.9. The molecule has 3 rings (SSSR count). The minimum Gasteiger partial charge on any atom is -0.488 e. The van der Waals surface area contributed by atoms with Crippen LogP contribution in [-0.4, -0.2) is 45.0 Å². The van der Waals surface area contributed by atoms with Crippen molar-refractivity contribution in [3.05, 3.63) is 63.9 Å². The number of carbonyl (C=O) groups is 1. The molecule has 0 spiro atoms. The smallest absolute Gasteiger partial charge is 0.295 e.